The van der Waals surface area contributed by atoms with Crippen LogP contribution in [0.5, 0.6) is 0 Å². The molecule has 0 rings (SSSR count). The van der Waals surface area contributed by atoms with E-state index in [2.05, 4.69) is 0 Å². The summed E-state index contributed by atoms with van der Waals surface area (Å²) in [6.45, 7) is 1.29. The van der Waals surface area contributed by atoms with Gasteiger partial charge in [-0.1, -0.05) is 0 Å². The molecule has 0 fully saturated rings. The van der Waals surface area contributed by atoms with Crippen LogP contribution in [0.2, 0.25) is 0 Å². The number of hydrogen-bond acceptors (Lipinski definition) is 4. The van der Waals surface area contributed by atoms with Crippen molar-refractivity contribution in [1.29, 1.82) is 0 Å². The third kappa shape index (κ3) is 6.19. The molecule has 5 N–H and O–H groups in total. The molecule has 0 aromatic rings. The van der Waals surface area contributed by atoms with Gasteiger partial charge in [0, 0.05) is 6.42 Å². The fraction of sp³-hybridized carbons (Fsp3) is 0.800. The summed E-state index contributed by atoms with van der Waals surface area (Å²) in [5.41, 5.74) is 5.12. The van der Waals surface area contributed by atoms with E-state index in [4.69, 9.17) is 20.6 Å². The monoisotopic (exact) mass is 182 g/mol. The van der Waals surface area contributed by atoms with Crippen LogP contribution in [0.3, 0.4) is 0 Å². The first kappa shape index (κ1) is 10.8. The van der Waals surface area contributed by atoms with E-state index in [1.165, 1.54) is 6.66 Å². The number of carboxylic acids is 1. The first-order valence-electron chi connectivity index (χ1n) is 3.12. The zero-order valence-corrected chi connectivity index (χ0v) is 7.16. The van der Waals surface area contributed by atoms with Gasteiger partial charge in [-0.05, 0) is 0 Å². The van der Waals surface area contributed by atoms with Crippen LogP contribution in [0.25, 0.3) is 0 Å². The maximum absolute atomic E-state index is 10.1. The van der Waals surface area contributed by atoms with Gasteiger partial charge in [-0.3, -0.25) is 4.79 Å². The predicted octanol–water partition coefficient (Wildman–Crippen LogP) is -0.750. The normalized spacial score (nSPS) is 14.5. The Hall–Kier alpha value is -0.220. The Morgan fingerprint density at radius 2 is 2.09 bits per heavy atom. The molecule has 0 saturated heterocycles. The third-order valence-electron chi connectivity index (χ3n) is 1.18. The molecule has 0 radical (unpaired) electrons. The Morgan fingerprint density at radius 3 is 2.36 bits per heavy atom. The molecule has 0 aromatic carbocycles. The molecule has 0 aliphatic rings. The smallest absolute Gasteiger partial charge is 0.320 e. The summed E-state index contributed by atoms with van der Waals surface area (Å²) < 4.78 is 0. The molecule has 1 atom stereocenters. The summed E-state index contributed by atoms with van der Waals surface area (Å²) in [7, 11) is -2.85. The van der Waals surface area contributed by atoms with Crippen molar-refractivity contribution >= 4 is 13.7 Å². The first-order chi connectivity index (χ1) is 4.83. The number of rotatable bonds is 4. The Bertz CT molecular complexity index is 144. The molecule has 0 heterocycles. The molecule has 6 heteroatoms. The van der Waals surface area contributed by atoms with E-state index in [0.717, 1.165) is 0 Å². The molecule has 0 bridgehead atoms. The summed E-state index contributed by atoms with van der Waals surface area (Å²) in [4.78, 5) is 27.9. The van der Waals surface area contributed by atoms with Crippen LogP contribution in [0, 0.1) is 0 Å². The Labute approximate surface area is 65.3 Å². The van der Waals surface area contributed by atoms with Crippen LogP contribution in [0.4, 0.5) is 0 Å². The quantitative estimate of drug-likeness (QED) is 0.428. The third-order valence-corrected chi connectivity index (χ3v) is 2.29. The number of aliphatic carboxylic acids is 1. The number of carbonyl (C=O) groups is 1. The zero-order valence-electron chi connectivity index (χ0n) is 6.27. The van der Waals surface area contributed by atoms with Crippen molar-refractivity contribution in [3.05, 3.63) is 0 Å². The molecule has 0 amide bonds. The molecule has 11 heavy (non-hydrogen) atoms. The molecule has 5 nitrogen and oxygen atoms in total. The van der Waals surface area contributed by atoms with Crippen molar-refractivity contribution < 1.29 is 19.7 Å². The summed E-state index contributed by atoms with van der Waals surface area (Å²) in [6.07, 6.45) is 0.174. The van der Waals surface area contributed by atoms with Crippen molar-refractivity contribution in [1.82, 2.24) is 0 Å². The van der Waals surface area contributed by atoms with Gasteiger partial charge < -0.3 is 10.8 Å². The first-order valence-corrected chi connectivity index (χ1v) is 5.45. The predicted molar refractivity (Wildman–Crippen MR) is 42.4 cm³/mol. The maximum Gasteiger partial charge on any atom is 0.320 e. The van der Waals surface area contributed by atoms with Gasteiger partial charge in [0.1, 0.15) is 18.9 Å². The number of hydrogen-bond donors (Lipinski definition) is 4. The van der Waals surface area contributed by atoms with E-state index in [-0.39, 0.29) is 12.6 Å². The van der Waals surface area contributed by atoms with Gasteiger partial charge in [0.15, 0.2) is 0 Å². The largest absolute Gasteiger partial charge is 0.480 e. The molecule has 0 spiro atoms. The average Bonchev–Trinajstić information content (AvgIpc) is 1.80. The van der Waals surface area contributed by atoms with Crippen LogP contribution in [-0.2, 0) is 4.79 Å². The second-order valence-corrected chi connectivity index (χ2v) is 5.17. The highest BCUT2D eigenvalue weighted by molar-refractivity contribution is 7.63. The van der Waals surface area contributed by atoms with Gasteiger partial charge in [-0.2, -0.15) is 0 Å². The van der Waals surface area contributed by atoms with Gasteiger partial charge in [0.05, 0.1) is 0 Å². The minimum Gasteiger partial charge on any atom is -0.480 e. The van der Waals surface area contributed by atoms with Crippen molar-refractivity contribution in [2.45, 2.75) is 12.5 Å². The van der Waals surface area contributed by atoms with Gasteiger partial charge >= 0.3 is 5.97 Å². The molecule has 1 unspecified atom stereocenters. The second kappa shape index (κ2) is 3.97. The fourth-order valence-corrected chi connectivity index (χ4v) is 1.27. The van der Waals surface area contributed by atoms with Crippen LogP contribution in [-0.4, -0.2) is 39.7 Å². The van der Waals surface area contributed by atoms with E-state index in [1.54, 1.807) is 0 Å². The van der Waals surface area contributed by atoms with Gasteiger partial charge in [0.2, 0.25) is 0 Å². The number of nitrogens with two attached hydrogens (primary N) is 1. The minimum absolute atomic E-state index is 0.0699. The Morgan fingerprint density at radius 1 is 1.64 bits per heavy atom. The summed E-state index contributed by atoms with van der Waals surface area (Å²) >= 11 is 0. The lowest BCUT2D eigenvalue weighted by atomic mass is 10.2. The molecule has 0 aliphatic heterocycles. The van der Waals surface area contributed by atoms with E-state index >= 15 is 0 Å². The molecule has 66 valence electrons. The highest BCUT2D eigenvalue weighted by Crippen LogP contribution is 2.45. The van der Waals surface area contributed by atoms with E-state index in [9.17, 15) is 4.79 Å². The fourth-order valence-electron chi connectivity index (χ4n) is 0.507. The lowest BCUT2D eigenvalue weighted by Gasteiger charge is -2.08. The topological polar surface area (TPSA) is 104 Å². The second-order valence-electron chi connectivity index (χ2n) is 2.55. The van der Waals surface area contributed by atoms with E-state index in [1.807, 2.05) is 0 Å². The standard InChI is InChI=1S/C5H12NO4P/c1-11(9,10)3-2-4(6)5(7)8/h4,9-10H,2-3,6H2,1H3/p+1. The average molecular weight is 182 g/mol. The Balaban J connectivity index is 3.63. The van der Waals surface area contributed by atoms with Crippen LogP contribution < -0.4 is 5.73 Å². The van der Waals surface area contributed by atoms with Crippen molar-refractivity contribution in [2.24, 2.45) is 5.73 Å². The van der Waals surface area contributed by atoms with Gasteiger partial charge in [0.25, 0.3) is 7.72 Å². The molecule has 0 aromatic heterocycles. The van der Waals surface area contributed by atoms with Gasteiger partial charge in [-0.25, -0.2) is 9.79 Å². The summed E-state index contributed by atoms with van der Waals surface area (Å²) in [6, 6.07) is -0.992. The van der Waals surface area contributed by atoms with E-state index < -0.39 is 19.7 Å². The molecular weight excluding hydrogens is 169 g/mol. The lowest BCUT2D eigenvalue weighted by molar-refractivity contribution is -0.138. The van der Waals surface area contributed by atoms with E-state index in [0.29, 0.717) is 0 Å². The Kier molecular flexibility index (Phi) is 3.89. The van der Waals surface area contributed by atoms with Crippen molar-refractivity contribution in [3.8, 4) is 0 Å². The summed E-state index contributed by atoms with van der Waals surface area (Å²) in [5, 5.41) is 8.30. The maximum atomic E-state index is 10.1. The highest BCUT2D eigenvalue weighted by Gasteiger charge is 2.27. The van der Waals surface area contributed by atoms with Crippen molar-refractivity contribution in [2.75, 3.05) is 12.8 Å². The minimum atomic E-state index is -2.85. The molecule has 0 aliphatic carbocycles. The molecule has 0 saturated carbocycles. The zero-order chi connectivity index (χ0) is 9.07. The number of carboxylic acid groups (broad SMARTS) is 1. The van der Waals surface area contributed by atoms with Crippen LogP contribution in [0.1, 0.15) is 6.42 Å². The SMILES string of the molecule is C[P+](O)(O)CCC(N)C(=O)O. The van der Waals surface area contributed by atoms with Crippen LogP contribution >= 0.6 is 7.72 Å². The summed E-state index contributed by atoms with van der Waals surface area (Å²) in [5.74, 6) is -1.11. The van der Waals surface area contributed by atoms with Crippen LogP contribution in [0.15, 0.2) is 0 Å². The lowest BCUT2D eigenvalue weighted by Crippen LogP contribution is -2.31. The van der Waals surface area contributed by atoms with Crippen molar-refractivity contribution in [3.63, 3.8) is 0 Å². The highest BCUT2D eigenvalue weighted by atomic mass is 31.2. The van der Waals surface area contributed by atoms with Gasteiger partial charge in [-0.15, -0.1) is 0 Å². The molecular formula is C5H13NO4P+.